The summed E-state index contributed by atoms with van der Waals surface area (Å²) in [5.74, 6) is -0.395. The molecule has 0 saturated carbocycles. The van der Waals surface area contributed by atoms with Gasteiger partial charge in [-0.15, -0.1) is 0 Å². The van der Waals surface area contributed by atoms with Crippen molar-refractivity contribution in [2.75, 3.05) is 17.2 Å². The first-order valence-corrected chi connectivity index (χ1v) is 6.52. The molecule has 0 saturated heterocycles. The topological polar surface area (TPSA) is 96.1 Å². The molecule has 2 aromatic rings. The molecule has 0 aliphatic rings. The largest absolute Gasteiger partial charge is 0.462 e. The number of urea groups is 1. The van der Waals surface area contributed by atoms with E-state index in [9.17, 15) is 9.59 Å². The molecule has 3 N–H and O–H groups in total. The Balaban J connectivity index is 2.01. The Labute approximate surface area is 125 Å². The van der Waals surface area contributed by atoms with E-state index in [1.807, 2.05) is 0 Å². The highest BCUT2D eigenvalue weighted by Gasteiger charge is 2.16. The number of aromatic nitrogens is 2. The van der Waals surface area contributed by atoms with Crippen molar-refractivity contribution in [2.24, 2.45) is 0 Å². The van der Waals surface area contributed by atoms with E-state index in [1.165, 1.54) is 6.20 Å². The van der Waals surface area contributed by atoms with Crippen LogP contribution in [0.5, 0.6) is 0 Å². The summed E-state index contributed by atoms with van der Waals surface area (Å²) in [4.78, 5) is 23.5. The molecule has 1 aromatic carbocycles. The van der Waals surface area contributed by atoms with Crippen LogP contribution in [-0.4, -0.2) is 28.8 Å². The monoisotopic (exact) mass is 308 g/mol. The second-order valence-electron chi connectivity index (χ2n) is 3.97. The molecule has 7 nitrogen and oxygen atoms in total. The van der Waals surface area contributed by atoms with E-state index < -0.39 is 12.0 Å². The molecule has 21 heavy (non-hydrogen) atoms. The lowest BCUT2D eigenvalue weighted by atomic mass is 10.3. The molecular formula is C13H13ClN4O3. The van der Waals surface area contributed by atoms with Gasteiger partial charge in [0.2, 0.25) is 0 Å². The van der Waals surface area contributed by atoms with Crippen LogP contribution >= 0.6 is 11.6 Å². The molecule has 110 valence electrons. The standard InChI is InChI=1S/C13H13ClN4O3/c1-2-21-12(19)10-7-15-18-11(10)17-13(20)16-9-5-3-8(14)4-6-9/h3-7H,2H2,1H3,(H3,15,16,17,18,20). The van der Waals surface area contributed by atoms with Crippen molar-refractivity contribution in [3.63, 3.8) is 0 Å². The molecular weight excluding hydrogens is 296 g/mol. The third-order valence-corrected chi connectivity index (χ3v) is 2.73. The molecule has 1 heterocycles. The van der Waals surface area contributed by atoms with E-state index in [1.54, 1.807) is 31.2 Å². The van der Waals surface area contributed by atoms with Crippen LogP contribution in [0.2, 0.25) is 5.02 Å². The lowest BCUT2D eigenvalue weighted by Crippen LogP contribution is -2.21. The van der Waals surface area contributed by atoms with Gasteiger partial charge < -0.3 is 10.1 Å². The number of halogens is 1. The van der Waals surface area contributed by atoms with Crippen molar-refractivity contribution in [3.8, 4) is 0 Å². The number of hydrogen-bond donors (Lipinski definition) is 3. The maximum atomic E-state index is 11.8. The molecule has 8 heteroatoms. The highest BCUT2D eigenvalue weighted by Crippen LogP contribution is 2.15. The number of amides is 2. The number of nitrogens with zero attached hydrogens (tertiary/aromatic N) is 1. The van der Waals surface area contributed by atoms with Crippen LogP contribution in [0.3, 0.4) is 0 Å². The predicted molar refractivity (Wildman–Crippen MR) is 78.6 cm³/mol. The van der Waals surface area contributed by atoms with Crippen molar-refractivity contribution in [1.82, 2.24) is 10.2 Å². The van der Waals surface area contributed by atoms with Crippen LogP contribution in [0.4, 0.5) is 16.3 Å². The van der Waals surface area contributed by atoms with Crippen LogP contribution in [0, 0.1) is 0 Å². The Kier molecular flexibility index (Phi) is 4.78. The zero-order valence-corrected chi connectivity index (χ0v) is 11.9. The van der Waals surface area contributed by atoms with Gasteiger partial charge >= 0.3 is 12.0 Å². The Morgan fingerprint density at radius 1 is 1.29 bits per heavy atom. The number of benzene rings is 1. The first-order valence-electron chi connectivity index (χ1n) is 6.14. The van der Waals surface area contributed by atoms with Crippen molar-refractivity contribution < 1.29 is 14.3 Å². The lowest BCUT2D eigenvalue weighted by molar-refractivity contribution is 0.0527. The number of anilines is 2. The summed E-state index contributed by atoms with van der Waals surface area (Å²) in [6.07, 6.45) is 1.29. The molecule has 2 amide bonds. The number of esters is 1. The number of nitrogens with one attached hydrogen (secondary N) is 3. The molecule has 0 aliphatic carbocycles. The summed E-state index contributed by atoms with van der Waals surface area (Å²) < 4.78 is 4.85. The number of carbonyl (C=O) groups excluding carboxylic acids is 2. The van der Waals surface area contributed by atoms with Crippen LogP contribution in [-0.2, 0) is 4.74 Å². The van der Waals surface area contributed by atoms with E-state index in [-0.39, 0.29) is 18.0 Å². The minimum atomic E-state index is -0.562. The van der Waals surface area contributed by atoms with E-state index in [0.717, 1.165) is 0 Å². The summed E-state index contributed by atoms with van der Waals surface area (Å²) >= 11 is 5.76. The molecule has 1 aromatic heterocycles. The average Bonchev–Trinajstić information content (AvgIpc) is 2.90. The summed E-state index contributed by atoms with van der Waals surface area (Å²) in [7, 11) is 0. The molecule has 0 fully saturated rings. The quantitative estimate of drug-likeness (QED) is 0.757. The summed E-state index contributed by atoms with van der Waals surface area (Å²) in [6, 6.07) is 6.09. The van der Waals surface area contributed by atoms with Gasteiger partial charge in [0, 0.05) is 10.7 Å². The average molecular weight is 309 g/mol. The number of H-pyrrole nitrogens is 1. The zero-order chi connectivity index (χ0) is 15.2. The second kappa shape index (κ2) is 6.76. The van der Waals surface area contributed by atoms with Crippen LogP contribution in [0.25, 0.3) is 0 Å². The van der Waals surface area contributed by atoms with E-state index in [0.29, 0.717) is 10.7 Å². The van der Waals surface area contributed by atoms with Crippen molar-refractivity contribution >= 4 is 35.1 Å². The Morgan fingerprint density at radius 2 is 2.00 bits per heavy atom. The normalized spacial score (nSPS) is 10.0. The number of carbonyl (C=O) groups is 2. The summed E-state index contributed by atoms with van der Waals surface area (Å²) in [5, 5.41) is 11.9. The fraction of sp³-hybridized carbons (Fsp3) is 0.154. The van der Waals surface area contributed by atoms with Crippen LogP contribution in [0.15, 0.2) is 30.5 Å². The van der Waals surface area contributed by atoms with Crippen LogP contribution < -0.4 is 10.6 Å². The third kappa shape index (κ3) is 3.96. The fourth-order valence-corrected chi connectivity index (χ4v) is 1.68. The van der Waals surface area contributed by atoms with Gasteiger partial charge in [-0.25, -0.2) is 9.59 Å². The summed E-state index contributed by atoms with van der Waals surface area (Å²) in [6.45, 7) is 1.93. The minimum Gasteiger partial charge on any atom is -0.462 e. The first kappa shape index (κ1) is 14.9. The van der Waals surface area contributed by atoms with Crippen molar-refractivity contribution in [3.05, 3.63) is 41.0 Å². The van der Waals surface area contributed by atoms with Gasteiger partial charge in [0.05, 0.1) is 12.8 Å². The van der Waals surface area contributed by atoms with Crippen molar-refractivity contribution in [2.45, 2.75) is 6.92 Å². The molecule has 0 atom stereocenters. The highest BCUT2D eigenvalue weighted by atomic mass is 35.5. The Hall–Kier alpha value is -2.54. The molecule has 0 aliphatic heterocycles. The highest BCUT2D eigenvalue weighted by molar-refractivity contribution is 6.30. The van der Waals surface area contributed by atoms with E-state index in [4.69, 9.17) is 16.3 Å². The number of aromatic amines is 1. The fourth-order valence-electron chi connectivity index (χ4n) is 1.55. The smallest absolute Gasteiger partial charge is 0.343 e. The van der Waals surface area contributed by atoms with Gasteiger partial charge in [0.1, 0.15) is 11.4 Å². The minimum absolute atomic E-state index is 0.156. The van der Waals surface area contributed by atoms with Gasteiger partial charge in [0.25, 0.3) is 0 Å². The van der Waals surface area contributed by atoms with E-state index >= 15 is 0 Å². The molecule has 2 rings (SSSR count). The van der Waals surface area contributed by atoms with Crippen molar-refractivity contribution in [1.29, 1.82) is 0 Å². The molecule has 0 spiro atoms. The Morgan fingerprint density at radius 3 is 2.67 bits per heavy atom. The number of ether oxygens (including phenoxy) is 1. The third-order valence-electron chi connectivity index (χ3n) is 2.48. The molecule has 0 bridgehead atoms. The van der Waals surface area contributed by atoms with Gasteiger partial charge in [-0.2, -0.15) is 5.10 Å². The Bertz CT molecular complexity index is 639. The maximum Gasteiger partial charge on any atom is 0.343 e. The predicted octanol–water partition coefficient (Wildman–Crippen LogP) is 2.88. The SMILES string of the molecule is CCOC(=O)c1cn[nH]c1NC(=O)Nc1ccc(Cl)cc1. The number of rotatable bonds is 4. The van der Waals surface area contributed by atoms with Gasteiger partial charge in [0.15, 0.2) is 0 Å². The van der Waals surface area contributed by atoms with Crippen LogP contribution in [0.1, 0.15) is 17.3 Å². The number of hydrogen-bond acceptors (Lipinski definition) is 4. The first-order chi connectivity index (χ1) is 10.1. The van der Waals surface area contributed by atoms with Gasteiger partial charge in [-0.3, -0.25) is 10.4 Å². The van der Waals surface area contributed by atoms with E-state index in [2.05, 4.69) is 20.8 Å². The maximum absolute atomic E-state index is 11.8. The zero-order valence-electron chi connectivity index (χ0n) is 11.1. The molecule has 0 radical (unpaired) electrons. The van der Waals surface area contributed by atoms with Gasteiger partial charge in [-0.05, 0) is 31.2 Å². The van der Waals surface area contributed by atoms with Gasteiger partial charge in [-0.1, -0.05) is 11.6 Å². The molecule has 0 unspecified atom stereocenters. The lowest BCUT2D eigenvalue weighted by Gasteiger charge is -2.07. The second-order valence-corrected chi connectivity index (χ2v) is 4.40. The summed E-state index contributed by atoms with van der Waals surface area (Å²) in [5.41, 5.74) is 0.720.